The monoisotopic (exact) mass is 400 g/mol. The summed E-state index contributed by atoms with van der Waals surface area (Å²) in [5.74, 6) is -0.359. The van der Waals surface area contributed by atoms with Crippen LogP contribution in [0.1, 0.15) is 32.1 Å². The van der Waals surface area contributed by atoms with Crippen molar-refractivity contribution < 1.29 is 4.79 Å². The number of nitrogens with one attached hydrogen (secondary N) is 1. The predicted octanol–water partition coefficient (Wildman–Crippen LogP) is 3.75. The van der Waals surface area contributed by atoms with Crippen LogP contribution in [0, 0.1) is 18.3 Å². The van der Waals surface area contributed by atoms with Crippen LogP contribution in [0.15, 0.2) is 60.9 Å². The Morgan fingerprint density at radius 3 is 2.66 bits per heavy atom. The van der Waals surface area contributed by atoms with E-state index >= 15 is 0 Å². The van der Waals surface area contributed by atoms with E-state index in [-0.39, 0.29) is 11.6 Å². The Hall–Kier alpha value is -3.83. The molecule has 1 N–H and O–H groups in total. The summed E-state index contributed by atoms with van der Waals surface area (Å²) < 4.78 is 1.56. The van der Waals surface area contributed by atoms with Crippen LogP contribution in [0.5, 0.6) is 0 Å². The first kappa shape index (κ1) is 18.5. The van der Waals surface area contributed by atoms with Gasteiger partial charge in [0.05, 0.1) is 23.5 Å². The summed E-state index contributed by atoms with van der Waals surface area (Å²) in [4.78, 5) is 17.7. The predicted molar refractivity (Wildman–Crippen MR) is 110 cm³/mol. The van der Waals surface area contributed by atoms with Crippen molar-refractivity contribution in [2.24, 2.45) is 0 Å². The Morgan fingerprint density at radius 2 is 1.93 bits per heavy atom. The summed E-state index contributed by atoms with van der Waals surface area (Å²) >= 11 is 1.40. The van der Waals surface area contributed by atoms with Crippen molar-refractivity contribution in [2.75, 3.05) is 5.32 Å². The van der Waals surface area contributed by atoms with E-state index < -0.39 is 0 Å². The van der Waals surface area contributed by atoms with Crippen LogP contribution in [0.3, 0.4) is 0 Å². The molecule has 0 spiro atoms. The minimum absolute atomic E-state index is 0.217. The van der Waals surface area contributed by atoms with Crippen molar-refractivity contribution >= 4 is 22.4 Å². The van der Waals surface area contributed by atoms with Crippen molar-refractivity contribution in [3.05, 3.63) is 88.2 Å². The third-order valence-corrected chi connectivity index (χ3v) is 5.17. The number of nitrogens with zero attached hydrogens (tertiary/aromatic N) is 5. The number of hydrogen-bond acceptors (Lipinski definition) is 6. The average molecular weight is 400 g/mol. The van der Waals surface area contributed by atoms with E-state index in [4.69, 9.17) is 5.26 Å². The van der Waals surface area contributed by atoms with Gasteiger partial charge in [-0.25, -0.2) is 9.67 Å². The van der Waals surface area contributed by atoms with Crippen molar-refractivity contribution in [3.8, 4) is 11.8 Å². The number of aromatic nitrogens is 4. The topological polar surface area (TPSA) is 96.5 Å². The molecule has 0 bridgehead atoms. The number of carbonyl (C=O) groups is 1. The Balaban J connectivity index is 1.41. The number of nitriles is 1. The molecule has 0 saturated heterocycles. The molecular formula is C21H16N6OS. The number of benzene rings is 2. The van der Waals surface area contributed by atoms with E-state index in [1.165, 1.54) is 11.3 Å². The fourth-order valence-corrected chi connectivity index (χ4v) is 3.54. The normalized spacial score (nSPS) is 10.5. The van der Waals surface area contributed by atoms with Gasteiger partial charge in [-0.15, -0.1) is 16.4 Å². The molecule has 0 fully saturated rings. The largest absolute Gasteiger partial charge is 0.296 e. The zero-order valence-electron chi connectivity index (χ0n) is 15.5. The van der Waals surface area contributed by atoms with E-state index in [0.717, 1.165) is 21.7 Å². The zero-order valence-corrected chi connectivity index (χ0v) is 16.3. The summed E-state index contributed by atoms with van der Waals surface area (Å²) in [5, 5.41) is 20.1. The van der Waals surface area contributed by atoms with Gasteiger partial charge in [0.1, 0.15) is 0 Å². The summed E-state index contributed by atoms with van der Waals surface area (Å²) in [5.41, 5.74) is 3.90. The van der Waals surface area contributed by atoms with E-state index in [2.05, 4.69) is 26.7 Å². The molecular weight excluding hydrogens is 384 g/mol. The molecule has 1 amide bonds. The Morgan fingerprint density at radius 1 is 1.17 bits per heavy atom. The second-order valence-corrected chi connectivity index (χ2v) is 7.57. The van der Waals surface area contributed by atoms with Crippen LogP contribution >= 0.6 is 11.3 Å². The number of aryl methyl sites for hydroxylation is 1. The highest BCUT2D eigenvalue weighted by Crippen LogP contribution is 2.22. The third kappa shape index (κ3) is 4.36. The molecule has 4 aromatic rings. The molecule has 8 heteroatoms. The molecule has 0 radical (unpaired) electrons. The summed E-state index contributed by atoms with van der Waals surface area (Å²) in [6.07, 6.45) is 4.01. The summed E-state index contributed by atoms with van der Waals surface area (Å²) in [6.45, 7) is 2.01. The molecule has 142 valence electrons. The Bertz CT molecular complexity index is 1190. The number of carbonyl (C=O) groups excluding carboxylic acids is 1. The maximum absolute atomic E-state index is 12.5. The molecule has 7 nitrogen and oxygen atoms in total. The minimum Gasteiger partial charge on any atom is -0.296 e. The Labute approximate surface area is 171 Å². The molecule has 2 heterocycles. The van der Waals surface area contributed by atoms with Crippen LogP contribution in [-0.2, 0) is 6.42 Å². The summed E-state index contributed by atoms with van der Waals surface area (Å²) in [6, 6.07) is 17.3. The van der Waals surface area contributed by atoms with E-state index in [1.54, 1.807) is 29.2 Å². The molecule has 0 unspecified atom stereocenters. The quantitative estimate of drug-likeness (QED) is 0.550. The first-order chi connectivity index (χ1) is 14.1. The molecule has 0 aliphatic carbocycles. The lowest BCUT2D eigenvalue weighted by Crippen LogP contribution is -2.12. The molecule has 4 rings (SSSR count). The lowest BCUT2D eigenvalue weighted by molar-refractivity contribution is 0.102. The molecule has 29 heavy (non-hydrogen) atoms. The number of rotatable bonds is 5. The molecule has 0 aliphatic heterocycles. The van der Waals surface area contributed by atoms with Gasteiger partial charge in [0, 0.05) is 17.5 Å². The number of anilines is 1. The Kier molecular flexibility index (Phi) is 5.14. The summed E-state index contributed by atoms with van der Waals surface area (Å²) in [7, 11) is 0. The smallest absolute Gasteiger partial charge is 0.279 e. The van der Waals surface area contributed by atoms with Gasteiger partial charge in [-0.05, 0) is 36.8 Å². The van der Waals surface area contributed by atoms with Crippen LogP contribution in [0.4, 0.5) is 5.13 Å². The fraction of sp³-hybridized carbons (Fsp3) is 0.0952. The van der Waals surface area contributed by atoms with E-state index in [0.29, 0.717) is 17.1 Å². The lowest BCUT2D eigenvalue weighted by atomic mass is 10.1. The van der Waals surface area contributed by atoms with Crippen molar-refractivity contribution in [1.82, 2.24) is 20.0 Å². The maximum atomic E-state index is 12.5. The highest BCUT2D eigenvalue weighted by molar-refractivity contribution is 7.15. The van der Waals surface area contributed by atoms with Gasteiger partial charge in [-0.1, -0.05) is 35.0 Å². The third-order valence-electron chi connectivity index (χ3n) is 4.26. The molecule has 2 aromatic heterocycles. The van der Waals surface area contributed by atoms with Gasteiger partial charge in [0.25, 0.3) is 5.91 Å². The first-order valence-corrected chi connectivity index (χ1v) is 9.67. The average Bonchev–Trinajstić information content (AvgIpc) is 3.39. The van der Waals surface area contributed by atoms with Gasteiger partial charge < -0.3 is 0 Å². The molecule has 0 saturated carbocycles. The molecule has 2 aromatic carbocycles. The number of thiazole rings is 1. The number of amides is 1. The van der Waals surface area contributed by atoms with Gasteiger partial charge in [0.2, 0.25) is 0 Å². The molecule has 0 atom stereocenters. The second-order valence-electron chi connectivity index (χ2n) is 6.46. The van der Waals surface area contributed by atoms with Crippen molar-refractivity contribution in [1.29, 1.82) is 5.26 Å². The van der Waals surface area contributed by atoms with Crippen LogP contribution < -0.4 is 5.32 Å². The van der Waals surface area contributed by atoms with E-state index in [1.807, 2.05) is 43.3 Å². The highest BCUT2D eigenvalue weighted by Gasteiger charge is 2.14. The minimum atomic E-state index is -0.359. The lowest BCUT2D eigenvalue weighted by Gasteiger charge is -2.00. The van der Waals surface area contributed by atoms with Crippen molar-refractivity contribution in [2.45, 2.75) is 13.3 Å². The van der Waals surface area contributed by atoms with Gasteiger partial charge in [0.15, 0.2) is 10.8 Å². The van der Waals surface area contributed by atoms with Crippen LogP contribution in [0.25, 0.3) is 5.69 Å². The first-order valence-electron chi connectivity index (χ1n) is 8.85. The van der Waals surface area contributed by atoms with Crippen LogP contribution in [-0.4, -0.2) is 25.9 Å². The standard InChI is InChI=1S/C21H16N6OS/c1-14-2-8-17(9-3-14)27-13-19(25-26-27)20(28)24-21-23-12-18(29-21)10-15-4-6-16(11-22)7-5-15/h2-9,12-13H,10H2,1H3,(H,23,24,28). The fourth-order valence-electron chi connectivity index (χ4n) is 2.70. The number of hydrogen-bond donors (Lipinski definition) is 1. The van der Waals surface area contributed by atoms with E-state index in [9.17, 15) is 4.79 Å². The van der Waals surface area contributed by atoms with Gasteiger partial charge >= 0.3 is 0 Å². The zero-order chi connectivity index (χ0) is 20.2. The second kappa shape index (κ2) is 8.04. The van der Waals surface area contributed by atoms with Gasteiger partial charge in [-0.2, -0.15) is 5.26 Å². The molecule has 0 aliphatic rings. The SMILES string of the molecule is Cc1ccc(-n2cc(C(=O)Nc3ncc(Cc4ccc(C#N)cc4)s3)nn2)cc1. The van der Waals surface area contributed by atoms with Gasteiger partial charge in [-0.3, -0.25) is 10.1 Å². The van der Waals surface area contributed by atoms with Crippen molar-refractivity contribution in [3.63, 3.8) is 0 Å². The van der Waals surface area contributed by atoms with Crippen LogP contribution in [0.2, 0.25) is 0 Å². The maximum Gasteiger partial charge on any atom is 0.279 e. The highest BCUT2D eigenvalue weighted by atomic mass is 32.1.